The van der Waals surface area contributed by atoms with E-state index in [-0.39, 0.29) is 32.5 Å². The number of rotatable bonds is 7. The van der Waals surface area contributed by atoms with E-state index in [4.69, 9.17) is 20.3 Å². The molecule has 18 heavy (non-hydrogen) atoms. The Morgan fingerprint density at radius 1 is 1.44 bits per heavy atom. The fourth-order valence-corrected chi connectivity index (χ4v) is 1.53. The molecule has 1 rings (SSSR count). The van der Waals surface area contributed by atoms with Gasteiger partial charge in [-0.2, -0.15) is 0 Å². The number of aliphatic hydroxyl groups excluding tert-OH is 1. The number of aromatic nitrogens is 1. The second-order valence-electron chi connectivity index (χ2n) is 4.13. The molecule has 6 nitrogen and oxygen atoms in total. The smallest absolute Gasteiger partial charge is 0.355 e. The molecule has 1 heterocycles. The van der Waals surface area contributed by atoms with Crippen LogP contribution in [0.2, 0.25) is 0 Å². The van der Waals surface area contributed by atoms with Crippen molar-refractivity contribution in [1.82, 2.24) is 4.57 Å². The minimum Gasteiger partial charge on any atom is -0.459 e. The number of anilines is 1. The lowest BCUT2D eigenvalue weighted by atomic mass is 10.3. The van der Waals surface area contributed by atoms with E-state index < -0.39 is 5.97 Å². The molecule has 0 amide bonds. The van der Waals surface area contributed by atoms with Gasteiger partial charge in [0.25, 0.3) is 0 Å². The number of aliphatic hydroxyl groups is 1. The number of nitrogen functional groups attached to an aromatic ring is 1. The molecule has 0 atom stereocenters. The van der Waals surface area contributed by atoms with Gasteiger partial charge in [0.1, 0.15) is 12.3 Å². The number of nitrogens with zero attached hydrogens (tertiary/aromatic N) is 1. The van der Waals surface area contributed by atoms with E-state index in [2.05, 4.69) is 0 Å². The highest BCUT2D eigenvalue weighted by Gasteiger charge is 2.15. The number of hydrogen-bond acceptors (Lipinski definition) is 5. The molecule has 102 valence electrons. The van der Waals surface area contributed by atoms with E-state index in [0.717, 1.165) is 0 Å². The van der Waals surface area contributed by atoms with Crippen LogP contribution in [0.1, 0.15) is 30.4 Å². The third-order valence-electron chi connectivity index (χ3n) is 2.33. The van der Waals surface area contributed by atoms with Gasteiger partial charge in [0.05, 0.1) is 25.5 Å². The molecule has 1 aromatic heterocycles. The molecule has 0 saturated carbocycles. The predicted octanol–water partition coefficient (Wildman–Crippen LogP) is 0.817. The molecule has 6 heteroatoms. The fourth-order valence-electron chi connectivity index (χ4n) is 1.53. The summed E-state index contributed by atoms with van der Waals surface area (Å²) in [5.74, 6) is -0.423. The van der Waals surface area contributed by atoms with Crippen molar-refractivity contribution in [1.29, 1.82) is 0 Å². The summed E-state index contributed by atoms with van der Waals surface area (Å²) in [6.07, 6.45) is 1.71. The van der Waals surface area contributed by atoms with Gasteiger partial charge in [-0.05, 0) is 19.9 Å². The molecule has 0 aliphatic heterocycles. The van der Waals surface area contributed by atoms with Crippen molar-refractivity contribution < 1.29 is 19.4 Å². The van der Waals surface area contributed by atoms with Gasteiger partial charge in [0.15, 0.2) is 0 Å². The average Bonchev–Trinajstić information content (AvgIpc) is 2.71. The Bertz CT molecular complexity index is 387. The van der Waals surface area contributed by atoms with Crippen LogP contribution in [0.3, 0.4) is 0 Å². The first kappa shape index (κ1) is 14.5. The lowest BCUT2D eigenvalue weighted by Crippen LogP contribution is -2.16. The van der Waals surface area contributed by atoms with Gasteiger partial charge in [-0.25, -0.2) is 4.79 Å². The Hall–Kier alpha value is -1.53. The molecule has 0 aliphatic rings. The molecule has 0 radical (unpaired) electrons. The zero-order chi connectivity index (χ0) is 13.5. The van der Waals surface area contributed by atoms with E-state index in [1.807, 2.05) is 13.8 Å². The number of esters is 1. The van der Waals surface area contributed by atoms with Crippen molar-refractivity contribution in [2.24, 2.45) is 0 Å². The minimum absolute atomic E-state index is 0.0410. The molecule has 0 spiro atoms. The van der Waals surface area contributed by atoms with Gasteiger partial charge in [-0.15, -0.1) is 0 Å². The highest BCUT2D eigenvalue weighted by Crippen LogP contribution is 2.17. The zero-order valence-corrected chi connectivity index (χ0v) is 10.8. The Morgan fingerprint density at radius 2 is 2.17 bits per heavy atom. The number of carbonyl (C=O) groups excluding carboxylic acids is 1. The van der Waals surface area contributed by atoms with Gasteiger partial charge in [0.2, 0.25) is 0 Å². The number of hydrogen-bond donors (Lipinski definition) is 2. The molecule has 1 aromatic rings. The number of carbonyl (C=O) groups is 1. The first-order chi connectivity index (χ1) is 8.56. The monoisotopic (exact) mass is 256 g/mol. The van der Waals surface area contributed by atoms with Crippen molar-refractivity contribution >= 4 is 11.7 Å². The second-order valence-corrected chi connectivity index (χ2v) is 4.13. The Kier molecular flexibility index (Phi) is 5.67. The summed E-state index contributed by atoms with van der Waals surface area (Å²) in [6, 6.07) is 1.73. The summed E-state index contributed by atoms with van der Waals surface area (Å²) in [4.78, 5) is 11.8. The topological polar surface area (TPSA) is 86.7 Å². The van der Waals surface area contributed by atoms with Crippen molar-refractivity contribution in [3.05, 3.63) is 18.0 Å². The van der Waals surface area contributed by atoms with Gasteiger partial charge in [0, 0.05) is 12.2 Å². The maximum atomic E-state index is 11.8. The summed E-state index contributed by atoms with van der Waals surface area (Å²) >= 11 is 0. The molecule has 3 N–H and O–H groups in total. The SMILES string of the molecule is CC(C)n1cc(N)cc1C(=O)OCCOCCO. The Morgan fingerprint density at radius 3 is 2.78 bits per heavy atom. The van der Waals surface area contributed by atoms with Gasteiger partial charge in [-0.3, -0.25) is 0 Å². The molecule has 0 fully saturated rings. The number of nitrogens with two attached hydrogens (primary N) is 1. The molecule has 0 bridgehead atoms. The molecular weight excluding hydrogens is 236 g/mol. The summed E-state index contributed by atoms with van der Waals surface area (Å²) in [7, 11) is 0. The van der Waals surface area contributed by atoms with Gasteiger partial charge in [-0.1, -0.05) is 0 Å². The van der Waals surface area contributed by atoms with Crippen LogP contribution < -0.4 is 5.73 Å². The fraction of sp³-hybridized carbons (Fsp3) is 0.583. The maximum absolute atomic E-state index is 11.8. The molecule has 0 unspecified atom stereocenters. The van der Waals surface area contributed by atoms with E-state index in [0.29, 0.717) is 11.4 Å². The van der Waals surface area contributed by atoms with Crippen LogP contribution in [-0.4, -0.2) is 42.1 Å². The standard InChI is InChI=1S/C12H20N2O4/c1-9(2)14-8-10(13)7-11(14)12(16)18-6-5-17-4-3-15/h7-9,15H,3-6,13H2,1-2H3. The van der Waals surface area contributed by atoms with Crippen molar-refractivity contribution in [2.45, 2.75) is 19.9 Å². The Labute approximate surface area is 106 Å². The van der Waals surface area contributed by atoms with Crippen LogP contribution in [0.5, 0.6) is 0 Å². The van der Waals surface area contributed by atoms with E-state index >= 15 is 0 Å². The van der Waals surface area contributed by atoms with Crippen molar-refractivity contribution in [3.63, 3.8) is 0 Å². The van der Waals surface area contributed by atoms with E-state index in [9.17, 15) is 4.79 Å². The molecule has 0 saturated heterocycles. The first-order valence-corrected chi connectivity index (χ1v) is 5.89. The summed E-state index contributed by atoms with van der Waals surface area (Å²) < 4.78 is 11.8. The van der Waals surface area contributed by atoms with Crippen LogP contribution >= 0.6 is 0 Å². The Balaban J connectivity index is 2.51. The van der Waals surface area contributed by atoms with Gasteiger partial charge < -0.3 is 24.9 Å². The lowest BCUT2D eigenvalue weighted by Gasteiger charge is -2.12. The highest BCUT2D eigenvalue weighted by molar-refractivity contribution is 5.89. The normalized spacial score (nSPS) is 10.9. The predicted molar refractivity (Wildman–Crippen MR) is 67.4 cm³/mol. The highest BCUT2D eigenvalue weighted by atomic mass is 16.6. The quantitative estimate of drug-likeness (QED) is 0.557. The van der Waals surface area contributed by atoms with E-state index in [1.165, 1.54) is 0 Å². The molecular formula is C12H20N2O4. The van der Waals surface area contributed by atoms with Crippen LogP contribution in [0.25, 0.3) is 0 Å². The van der Waals surface area contributed by atoms with Crippen molar-refractivity contribution in [2.75, 3.05) is 32.2 Å². The van der Waals surface area contributed by atoms with Crippen LogP contribution in [0.4, 0.5) is 5.69 Å². The zero-order valence-electron chi connectivity index (χ0n) is 10.8. The van der Waals surface area contributed by atoms with E-state index in [1.54, 1.807) is 16.8 Å². The van der Waals surface area contributed by atoms with Gasteiger partial charge >= 0.3 is 5.97 Å². The van der Waals surface area contributed by atoms with Crippen molar-refractivity contribution in [3.8, 4) is 0 Å². The second kappa shape index (κ2) is 7.03. The number of ether oxygens (including phenoxy) is 2. The summed E-state index contributed by atoms with van der Waals surface area (Å²) in [5, 5.41) is 8.50. The molecule has 0 aromatic carbocycles. The van der Waals surface area contributed by atoms with Crippen LogP contribution in [-0.2, 0) is 9.47 Å². The summed E-state index contributed by atoms with van der Waals surface area (Å²) in [6.45, 7) is 4.54. The first-order valence-electron chi connectivity index (χ1n) is 5.89. The summed E-state index contributed by atoms with van der Waals surface area (Å²) in [5.41, 5.74) is 6.64. The molecule has 0 aliphatic carbocycles. The van der Waals surface area contributed by atoms with Crippen LogP contribution in [0.15, 0.2) is 12.3 Å². The maximum Gasteiger partial charge on any atom is 0.355 e. The average molecular weight is 256 g/mol. The largest absolute Gasteiger partial charge is 0.459 e. The lowest BCUT2D eigenvalue weighted by molar-refractivity contribution is 0.0248. The minimum atomic E-state index is -0.423. The van der Waals surface area contributed by atoms with Crippen LogP contribution in [0, 0.1) is 0 Å². The third-order valence-corrected chi connectivity index (χ3v) is 2.33. The third kappa shape index (κ3) is 4.05.